The Hall–Kier alpha value is -3.32. The number of ether oxygens (including phenoxy) is 1. The minimum atomic E-state index is -0.213. The van der Waals surface area contributed by atoms with Gasteiger partial charge in [-0.15, -0.1) is 0 Å². The summed E-state index contributed by atoms with van der Waals surface area (Å²) in [5, 5.41) is 8.67. The average molecular weight is 454 g/mol. The van der Waals surface area contributed by atoms with Gasteiger partial charge in [-0.25, -0.2) is 0 Å². The van der Waals surface area contributed by atoms with Crippen molar-refractivity contribution in [2.75, 3.05) is 29.6 Å². The predicted molar refractivity (Wildman–Crippen MR) is 119 cm³/mol. The summed E-state index contributed by atoms with van der Waals surface area (Å²) in [6.07, 6.45) is 0. The van der Waals surface area contributed by atoms with Gasteiger partial charge in [0, 0.05) is 27.1 Å². The third kappa shape index (κ3) is 6.08. The quantitative estimate of drug-likeness (QED) is 0.481. The van der Waals surface area contributed by atoms with Crippen molar-refractivity contribution in [2.45, 2.75) is 0 Å². The highest BCUT2D eigenvalue weighted by Gasteiger charge is 2.07. The Morgan fingerprint density at radius 1 is 0.793 bits per heavy atom. The molecule has 3 rings (SSSR count). The van der Waals surface area contributed by atoms with Crippen LogP contribution in [0.4, 0.5) is 17.1 Å². The zero-order valence-electron chi connectivity index (χ0n) is 15.7. The monoisotopic (exact) mass is 453 g/mol. The highest BCUT2D eigenvalue weighted by molar-refractivity contribution is 9.10. The van der Waals surface area contributed by atoms with E-state index in [2.05, 4.69) is 31.9 Å². The molecule has 3 aromatic rings. The molecule has 29 heavy (non-hydrogen) atoms. The van der Waals surface area contributed by atoms with Crippen LogP contribution >= 0.6 is 15.9 Å². The highest BCUT2D eigenvalue weighted by atomic mass is 79.9. The van der Waals surface area contributed by atoms with E-state index < -0.39 is 0 Å². The van der Waals surface area contributed by atoms with Gasteiger partial charge in [-0.05, 0) is 72.8 Å². The van der Waals surface area contributed by atoms with Crippen molar-refractivity contribution < 1.29 is 14.3 Å². The molecule has 0 saturated carbocycles. The number of carbonyl (C=O) groups is 2. The van der Waals surface area contributed by atoms with Gasteiger partial charge in [0.1, 0.15) is 5.75 Å². The van der Waals surface area contributed by atoms with E-state index in [-0.39, 0.29) is 18.4 Å². The average Bonchev–Trinajstić information content (AvgIpc) is 2.75. The molecule has 0 aromatic heterocycles. The van der Waals surface area contributed by atoms with Gasteiger partial charge in [0.25, 0.3) is 5.91 Å². The van der Waals surface area contributed by atoms with Crippen LogP contribution in [-0.2, 0) is 4.79 Å². The molecule has 3 aromatic carbocycles. The van der Waals surface area contributed by atoms with Crippen LogP contribution in [0, 0.1) is 0 Å². The lowest BCUT2D eigenvalue weighted by atomic mass is 10.2. The van der Waals surface area contributed by atoms with Crippen LogP contribution in [0.2, 0.25) is 0 Å². The summed E-state index contributed by atoms with van der Waals surface area (Å²) in [7, 11) is 1.59. The van der Waals surface area contributed by atoms with Crippen LogP contribution in [0.3, 0.4) is 0 Å². The molecule has 2 amide bonds. The number of hydrogen-bond donors (Lipinski definition) is 3. The molecule has 0 aliphatic heterocycles. The van der Waals surface area contributed by atoms with E-state index in [9.17, 15) is 9.59 Å². The first-order valence-corrected chi connectivity index (χ1v) is 9.67. The number of amides is 2. The first-order valence-electron chi connectivity index (χ1n) is 8.88. The van der Waals surface area contributed by atoms with Gasteiger partial charge in [0.2, 0.25) is 5.91 Å². The SMILES string of the molecule is COc1ccc(NC(=O)c2ccc(NCC(=O)Nc3ccc(Br)cc3)cc2)cc1. The lowest BCUT2D eigenvalue weighted by Gasteiger charge is -2.09. The molecule has 0 radical (unpaired) electrons. The summed E-state index contributed by atoms with van der Waals surface area (Å²) in [4.78, 5) is 24.4. The Kier molecular flexibility index (Phi) is 6.86. The van der Waals surface area contributed by atoms with Crippen molar-refractivity contribution in [3.05, 3.63) is 82.8 Å². The topological polar surface area (TPSA) is 79.5 Å². The highest BCUT2D eigenvalue weighted by Crippen LogP contribution is 2.17. The number of benzene rings is 3. The maximum absolute atomic E-state index is 12.3. The first kappa shape index (κ1) is 20.4. The predicted octanol–water partition coefficient (Wildman–Crippen LogP) is 4.76. The molecule has 0 aliphatic rings. The Morgan fingerprint density at radius 2 is 1.34 bits per heavy atom. The largest absolute Gasteiger partial charge is 0.497 e. The first-order chi connectivity index (χ1) is 14.0. The van der Waals surface area contributed by atoms with Gasteiger partial charge in [0.15, 0.2) is 0 Å². The number of nitrogens with one attached hydrogen (secondary N) is 3. The molecule has 0 bridgehead atoms. The van der Waals surface area contributed by atoms with Crippen LogP contribution in [0.25, 0.3) is 0 Å². The zero-order chi connectivity index (χ0) is 20.6. The number of rotatable bonds is 7. The lowest BCUT2D eigenvalue weighted by molar-refractivity contribution is -0.114. The molecule has 6 nitrogen and oxygen atoms in total. The number of carbonyl (C=O) groups excluding carboxylic acids is 2. The molecule has 0 atom stereocenters. The van der Waals surface area contributed by atoms with Crippen molar-refractivity contribution in [3.8, 4) is 5.75 Å². The molecule has 0 spiro atoms. The van der Waals surface area contributed by atoms with Crippen molar-refractivity contribution in [3.63, 3.8) is 0 Å². The van der Waals surface area contributed by atoms with Gasteiger partial charge < -0.3 is 20.7 Å². The summed E-state index contributed by atoms with van der Waals surface area (Å²) in [5.41, 5.74) is 2.68. The Morgan fingerprint density at radius 3 is 1.97 bits per heavy atom. The van der Waals surface area contributed by atoms with E-state index in [1.165, 1.54) is 0 Å². The zero-order valence-corrected chi connectivity index (χ0v) is 17.3. The van der Waals surface area contributed by atoms with Crippen molar-refractivity contribution >= 4 is 44.8 Å². The minimum Gasteiger partial charge on any atom is -0.497 e. The van der Waals surface area contributed by atoms with E-state index in [0.29, 0.717) is 11.3 Å². The number of halogens is 1. The van der Waals surface area contributed by atoms with Gasteiger partial charge >= 0.3 is 0 Å². The minimum absolute atomic E-state index is 0.119. The summed E-state index contributed by atoms with van der Waals surface area (Å²) < 4.78 is 6.05. The molecule has 7 heteroatoms. The third-order valence-electron chi connectivity index (χ3n) is 4.08. The molecule has 0 aliphatic carbocycles. The normalized spacial score (nSPS) is 10.1. The van der Waals surface area contributed by atoms with Crippen molar-refractivity contribution in [1.82, 2.24) is 0 Å². The van der Waals surface area contributed by atoms with Crippen molar-refractivity contribution in [1.29, 1.82) is 0 Å². The smallest absolute Gasteiger partial charge is 0.255 e. The summed E-state index contributed by atoms with van der Waals surface area (Å²) in [6, 6.07) is 21.4. The molecular weight excluding hydrogens is 434 g/mol. The fraction of sp³-hybridized carbons (Fsp3) is 0.0909. The summed E-state index contributed by atoms with van der Waals surface area (Å²) in [5.74, 6) is 0.353. The third-order valence-corrected chi connectivity index (χ3v) is 4.60. The molecule has 0 fully saturated rings. The lowest BCUT2D eigenvalue weighted by Crippen LogP contribution is -2.21. The Bertz CT molecular complexity index is 972. The van der Waals surface area contributed by atoms with Gasteiger partial charge in [-0.2, -0.15) is 0 Å². The molecule has 0 unspecified atom stereocenters. The van der Waals surface area contributed by atoms with E-state index in [1.54, 1.807) is 55.6 Å². The molecule has 148 valence electrons. The van der Waals surface area contributed by atoms with Crippen LogP contribution in [0.1, 0.15) is 10.4 Å². The number of methoxy groups -OCH3 is 1. The van der Waals surface area contributed by atoms with Crippen LogP contribution in [-0.4, -0.2) is 25.5 Å². The fourth-order valence-electron chi connectivity index (χ4n) is 2.54. The number of anilines is 3. The fourth-order valence-corrected chi connectivity index (χ4v) is 2.80. The summed E-state index contributed by atoms with van der Waals surface area (Å²) >= 11 is 3.35. The second-order valence-electron chi connectivity index (χ2n) is 6.17. The van der Waals surface area contributed by atoms with Gasteiger partial charge in [-0.1, -0.05) is 15.9 Å². The van der Waals surface area contributed by atoms with E-state index >= 15 is 0 Å². The number of hydrogen-bond acceptors (Lipinski definition) is 4. The summed E-state index contributed by atoms with van der Waals surface area (Å²) in [6.45, 7) is 0.119. The Labute approximate surface area is 177 Å². The molecule has 0 saturated heterocycles. The van der Waals surface area contributed by atoms with Crippen molar-refractivity contribution in [2.24, 2.45) is 0 Å². The maximum atomic E-state index is 12.3. The van der Waals surface area contributed by atoms with Crippen LogP contribution in [0.15, 0.2) is 77.3 Å². The van der Waals surface area contributed by atoms with E-state index in [4.69, 9.17) is 4.74 Å². The molecular formula is C22H20BrN3O3. The van der Waals surface area contributed by atoms with E-state index in [0.717, 1.165) is 21.6 Å². The van der Waals surface area contributed by atoms with Gasteiger partial charge in [-0.3, -0.25) is 9.59 Å². The van der Waals surface area contributed by atoms with Gasteiger partial charge in [0.05, 0.1) is 13.7 Å². The molecule has 0 heterocycles. The second-order valence-corrected chi connectivity index (χ2v) is 7.08. The maximum Gasteiger partial charge on any atom is 0.255 e. The second kappa shape index (κ2) is 9.75. The van der Waals surface area contributed by atoms with Crippen LogP contribution < -0.4 is 20.7 Å². The Balaban J connectivity index is 1.50. The molecule has 3 N–H and O–H groups in total. The van der Waals surface area contributed by atoms with Crippen LogP contribution in [0.5, 0.6) is 5.75 Å². The standard InChI is InChI=1S/C22H20BrN3O3/c1-29-20-12-10-19(11-13-20)26-22(28)15-2-6-17(7-3-15)24-14-21(27)25-18-8-4-16(23)5-9-18/h2-13,24H,14H2,1H3,(H,25,27)(H,26,28). The van der Waals surface area contributed by atoms with E-state index in [1.807, 2.05) is 24.3 Å².